The van der Waals surface area contributed by atoms with Crippen LogP contribution in [0, 0.1) is 4.84 Å². The number of methoxy groups -OCH3 is 1. The minimum Gasteiger partial charge on any atom is -0.496 e. The number of halogens is 1. The molecule has 0 atom stereocenters. The van der Waals surface area contributed by atoms with Crippen molar-refractivity contribution in [3.05, 3.63) is 39.5 Å². The van der Waals surface area contributed by atoms with Crippen LogP contribution in [0.3, 0.4) is 0 Å². The van der Waals surface area contributed by atoms with Crippen LogP contribution in [0.1, 0.15) is 24.3 Å². The first-order valence-electron chi connectivity index (χ1n) is 8.32. The van der Waals surface area contributed by atoms with Gasteiger partial charge in [0.2, 0.25) is 11.8 Å². The van der Waals surface area contributed by atoms with E-state index in [9.17, 15) is 4.79 Å². The molecule has 9 heteroatoms. The molecule has 1 aromatic carbocycles. The molecular formula is C17H21ClN4O3S. The Labute approximate surface area is 162 Å². The Morgan fingerprint density at radius 1 is 1.46 bits per heavy atom. The summed E-state index contributed by atoms with van der Waals surface area (Å²) < 4.78 is 12.5. The molecular weight excluding hydrogens is 376 g/mol. The van der Waals surface area contributed by atoms with Gasteiger partial charge in [-0.1, -0.05) is 11.6 Å². The molecule has 0 spiro atoms. The van der Waals surface area contributed by atoms with Crippen molar-refractivity contribution in [2.24, 2.45) is 0 Å². The molecule has 7 nitrogen and oxygen atoms in total. The minimum absolute atomic E-state index is 0.130. The van der Waals surface area contributed by atoms with Gasteiger partial charge in [-0.15, -0.1) is 5.10 Å². The monoisotopic (exact) mass is 396 g/mol. The summed E-state index contributed by atoms with van der Waals surface area (Å²) in [5, 5.41) is 5.06. The summed E-state index contributed by atoms with van der Waals surface area (Å²) in [5.74, 6) is 1.36. The number of nitrogens with zero attached hydrogens (tertiary/aromatic N) is 4. The van der Waals surface area contributed by atoms with Gasteiger partial charge >= 0.3 is 0 Å². The first-order valence-corrected chi connectivity index (χ1v) is 9.10. The van der Waals surface area contributed by atoms with Crippen molar-refractivity contribution in [1.82, 2.24) is 19.6 Å². The van der Waals surface area contributed by atoms with Crippen LogP contribution in [0.2, 0.25) is 5.02 Å². The third-order valence-corrected chi connectivity index (χ3v) is 4.73. The van der Waals surface area contributed by atoms with E-state index in [0.717, 1.165) is 24.3 Å². The van der Waals surface area contributed by atoms with Gasteiger partial charge in [-0.2, -0.15) is 0 Å². The molecule has 1 aliphatic rings. The van der Waals surface area contributed by atoms with Crippen LogP contribution < -0.4 is 4.74 Å². The first-order chi connectivity index (χ1) is 12.5. The van der Waals surface area contributed by atoms with E-state index in [1.165, 1.54) is 0 Å². The van der Waals surface area contributed by atoms with Crippen molar-refractivity contribution in [3.8, 4) is 5.75 Å². The van der Waals surface area contributed by atoms with Crippen LogP contribution >= 0.6 is 23.8 Å². The molecule has 0 unspecified atom stereocenters. The molecule has 1 amide bonds. The van der Waals surface area contributed by atoms with Crippen LogP contribution in [-0.4, -0.2) is 46.2 Å². The summed E-state index contributed by atoms with van der Waals surface area (Å²) in [6.45, 7) is 2.16. The number of ether oxygens (including phenoxy) is 1. The lowest BCUT2D eigenvalue weighted by Gasteiger charge is -2.18. The highest BCUT2D eigenvalue weighted by Gasteiger charge is 2.22. The Balaban J connectivity index is 1.66. The summed E-state index contributed by atoms with van der Waals surface area (Å²) >= 11 is 11.3. The van der Waals surface area contributed by atoms with Crippen molar-refractivity contribution in [3.63, 3.8) is 0 Å². The van der Waals surface area contributed by atoms with Crippen LogP contribution in [0.5, 0.6) is 5.75 Å². The second-order valence-corrected chi connectivity index (χ2v) is 7.08. The van der Waals surface area contributed by atoms with Gasteiger partial charge in [0.25, 0.3) is 4.84 Å². The number of aromatic nitrogens is 2. The van der Waals surface area contributed by atoms with E-state index in [1.54, 1.807) is 22.8 Å². The van der Waals surface area contributed by atoms with Crippen LogP contribution in [0.4, 0.5) is 0 Å². The van der Waals surface area contributed by atoms with Gasteiger partial charge in [0.05, 0.1) is 20.3 Å². The van der Waals surface area contributed by atoms with E-state index >= 15 is 0 Å². The Kier molecular flexibility index (Phi) is 5.95. The fourth-order valence-corrected chi connectivity index (χ4v) is 3.37. The Morgan fingerprint density at radius 2 is 2.27 bits per heavy atom. The number of carbonyl (C=O) groups excluding carboxylic acids is 1. The van der Waals surface area contributed by atoms with E-state index in [1.807, 2.05) is 24.1 Å². The lowest BCUT2D eigenvalue weighted by molar-refractivity contribution is -0.128. The topological polar surface area (TPSA) is 63.7 Å². The molecule has 3 rings (SSSR count). The summed E-state index contributed by atoms with van der Waals surface area (Å²) in [7, 11) is 3.58. The van der Waals surface area contributed by atoms with E-state index in [4.69, 9.17) is 33.0 Å². The molecule has 2 heterocycles. The fourth-order valence-electron chi connectivity index (χ4n) is 2.98. The van der Waals surface area contributed by atoms with Crippen molar-refractivity contribution in [2.45, 2.75) is 32.6 Å². The zero-order chi connectivity index (χ0) is 18.7. The number of benzene rings is 1. The zero-order valence-electron chi connectivity index (χ0n) is 14.8. The molecule has 1 fully saturated rings. The summed E-state index contributed by atoms with van der Waals surface area (Å²) in [4.78, 5) is 15.8. The van der Waals surface area contributed by atoms with Crippen LogP contribution in [0.25, 0.3) is 0 Å². The molecule has 0 bridgehead atoms. The smallest absolute Gasteiger partial charge is 0.288 e. The molecule has 0 aliphatic carbocycles. The molecule has 1 saturated heterocycles. The lowest BCUT2D eigenvalue weighted by Crippen LogP contribution is -2.25. The highest BCUT2D eigenvalue weighted by atomic mass is 35.5. The number of hydrogen-bond donors (Lipinski definition) is 0. The molecule has 0 saturated carbocycles. The number of carbonyl (C=O) groups is 1. The zero-order valence-corrected chi connectivity index (χ0v) is 16.3. The first kappa shape index (κ1) is 18.9. The number of rotatable bonds is 7. The summed E-state index contributed by atoms with van der Waals surface area (Å²) in [6, 6.07) is 5.52. The Bertz CT molecular complexity index is 851. The van der Waals surface area contributed by atoms with Crippen molar-refractivity contribution >= 4 is 29.7 Å². The standard InChI is InChI=1S/C17H21ClN4O3S/c1-20(9-12-8-13(18)5-6-14(12)24-2)11-22-17(26)25-15(19-22)10-21-7-3-4-16(21)23/h5-6,8H,3-4,7,9-11H2,1-2H3. The predicted octanol–water partition coefficient (Wildman–Crippen LogP) is 3.08. The molecule has 26 heavy (non-hydrogen) atoms. The maximum absolute atomic E-state index is 11.7. The van der Waals surface area contributed by atoms with Gasteiger partial charge in [0.15, 0.2) is 0 Å². The second kappa shape index (κ2) is 8.20. The van der Waals surface area contributed by atoms with Gasteiger partial charge in [0, 0.05) is 30.1 Å². The van der Waals surface area contributed by atoms with Crippen LogP contribution in [-0.2, 0) is 24.6 Å². The second-order valence-electron chi connectivity index (χ2n) is 6.29. The van der Waals surface area contributed by atoms with Gasteiger partial charge in [-0.3, -0.25) is 9.69 Å². The predicted molar refractivity (Wildman–Crippen MR) is 99.4 cm³/mol. The Morgan fingerprint density at radius 3 is 2.96 bits per heavy atom. The lowest BCUT2D eigenvalue weighted by atomic mass is 10.2. The number of likely N-dealkylation sites (tertiary alicyclic amines) is 1. The molecule has 1 aromatic heterocycles. The molecule has 2 aromatic rings. The SMILES string of the molecule is COc1ccc(Cl)cc1CN(C)Cn1nc(CN2CCCC2=O)oc1=S. The minimum atomic E-state index is 0.130. The van der Waals surface area contributed by atoms with Gasteiger partial charge in [0.1, 0.15) is 5.75 Å². The van der Waals surface area contributed by atoms with E-state index in [2.05, 4.69) is 5.10 Å². The number of hydrogen-bond acceptors (Lipinski definition) is 6. The quantitative estimate of drug-likeness (QED) is 0.670. The largest absolute Gasteiger partial charge is 0.496 e. The van der Waals surface area contributed by atoms with Gasteiger partial charge in [-0.25, -0.2) is 4.68 Å². The summed E-state index contributed by atoms with van der Waals surface area (Å²) in [6.07, 6.45) is 1.47. The third-order valence-electron chi connectivity index (χ3n) is 4.20. The molecule has 140 valence electrons. The van der Waals surface area contributed by atoms with Crippen LogP contribution in [0.15, 0.2) is 22.6 Å². The number of amides is 1. The van der Waals surface area contributed by atoms with Gasteiger partial charge < -0.3 is 14.1 Å². The van der Waals surface area contributed by atoms with Crippen molar-refractivity contribution in [1.29, 1.82) is 0 Å². The Hall–Kier alpha value is -1.90. The van der Waals surface area contributed by atoms with Gasteiger partial charge in [-0.05, 0) is 43.9 Å². The average Bonchev–Trinajstić information content (AvgIpc) is 3.14. The fraction of sp³-hybridized carbons (Fsp3) is 0.471. The maximum atomic E-state index is 11.7. The van der Waals surface area contributed by atoms with E-state index < -0.39 is 0 Å². The highest BCUT2D eigenvalue weighted by molar-refractivity contribution is 7.71. The maximum Gasteiger partial charge on any atom is 0.288 e. The van der Waals surface area contributed by atoms with Crippen molar-refractivity contribution < 1.29 is 13.9 Å². The van der Waals surface area contributed by atoms with E-state index in [-0.39, 0.29) is 10.7 Å². The molecule has 0 radical (unpaired) electrons. The van der Waals surface area contributed by atoms with E-state index in [0.29, 0.717) is 37.1 Å². The summed E-state index contributed by atoms with van der Waals surface area (Å²) in [5.41, 5.74) is 0.973. The normalized spacial score (nSPS) is 14.5. The molecule has 0 N–H and O–H groups in total. The molecule has 1 aliphatic heterocycles. The highest BCUT2D eigenvalue weighted by Crippen LogP contribution is 2.24. The van der Waals surface area contributed by atoms with Crippen molar-refractivity contribution in [2.75, 3.05) is 20.7 Å². The third kappa shape index (κ3) is 4.44. The average molecular weight is 397 g/mol.